The normalized spacial score (nSPS) is 11.7. The zero-order valence-electron chi connectivity index (χ0n) is 17.1. The van der Waals surface area contributed by atoms with Gasteiger partial charge in [0.05, 0.1) is 17.6 Å². The topological polar surface area (TPSA) is 84.5 Å². The lowest BCUT2D eigenvalue weighted by atomic mass is 10.2. The number of methoxy groups -OCH3 is 1. The number of sulfonamides is 1. The largest absolute Gasteiger partial charge is 0.494 e. The van der Waals surface area contributed by atoms with Crippen molar-refractivity contribution >= 4 is 21.6 Å². The number of alkyl halides is 3. The Bertz CT molecular complexity index is 1260. The monoisotopic (exact) mass is 482 g/mol. The molecule has 174 valence electrons. The summed E-state index contributed by atoms with van der Waals surface area (Å²) >= 11 is 0. The van der Waals surface area contributed by atoms with Crippen LogP contribution < -0.4 is 14.8 Å². The number of benzene rings is 3. The van der Waals surface area contributed by atoms with Crippen LogP contribution in [0.1, 0.15) is 21.5 Å². The lowest BCUT2D eigenvalue weighted by molar-refractivity contribution is -0.137. The standard InChI is InChI=1S/C22H18F4N2O4S/c1-32-20-10-5-14(11-19(20)23)13-27-21(29)15-6-8-18(9-7-15)33(30,31)28-17-4-2-3-16(12-17)22(24,25)26/h2-12,28H,13H2,1H3,(H,27,29). The first-order chi connectivity index (χ1) is 15.5. The van der Waals surface area contributed by atoms with Crippen molar-refractivity contribution in [1.29, 1.82) is 0 Å². The van der Waals surface area contributed by atoms with E-state index >= 15 is 0 Å². The maximum absolute atomic E-state index is 13.7. The Hall–Kier alpha value is -3.60. The number of rotatable bonds is 7. The second kappa shape index (κ2) is 9.49. The first-order valence-corrected chi connectivity index (χ1v) is 10.9. The number of carbonyl (C=O) groups is 1. The first kappa shape index (κ1) is 24.1. The summed E-state index contributed by atoms with van der Waals surface area (Å²) < 4.78 is 84.1. The van der Waals surface area contributed by atoms with Crippen LogP contribution in [-0.4, -0.2) is 21.4 Å². The van der Waals surface area contributed by atoms with Crippen LogP contribution in [0.3, 0.4) is 0 Å². The lowest BCUT2D eigenvalue weighted by Crippen LogP contribution is -2.23. The smallest absolute Gasteiger partial charge is 0.416 e. The van der Waals surface area contributed by atoms with Crippen molar-refractivity contribution < 1.29 is 35.5 Å². The van der Waals surface area contributed by atoms with E-state index in [0.717, 1.165) is 24.3 Å². The number of amides is 1. The van der Waals surface area contributed by atoms with Crippen LogP contribution in [0.25, 0.3) is 0 Å². The molecule has 0 heterocycles. The molecule has 3 rings (SSSR count). The molecule has 0 aromatic heterocycles. The number of nitrogens with one attached hydrogen (secondary N) is 2. The van der Waals surface area contributed by atoms with Gasteiger partial charge in [0.15, 0.2) is 11.6 Å². The second-order valence-electron chi connectivity index (χ2n) is 6.86. The van der Waals surface area contributed by atoms with Gasteiger partial charge in [0.25, 0.3) is 15.9 Å². The summed E-state index contributed by atoms with van der Waals surface area (Å²) in [7, 11) is -2.86. The number of halogens is 4. The van der Waals surface area contributed by atoms with E-state index in [2.05, 4.69) is 10.0 Å². The van der Waals surface area contributed by atoms with Crippen LogP contribution >= 0.6 is 0 Å². The average Bonchev–Trinajstić information content (AvgIpc) is 2.77. The van der Waals surface area contributed by atoms with Crippen molar-refractivity contribution in [2.75, 3.05) is 11.8 Å². The number of hydrogen-bond acceptors (Lipinski definition) is 4. The molecule has 33 heavy (non-hydrogen) atoms. The van der Waals surface area contributed by atoms with Crippen molar-refractivity contribution in [1.82, 2.24) is 5.32 Å². The molecule has 0 unspecified atom stereocenters. The zero-order chi connectivity index (χ0) is 24.2. The quantitative estimate of drug-likeness (QED) is 0.483. The summed E-state index contributed by atoms with van der Waals surface area (Å²) in [6.07, 6.45) is -4.62. The van der Waals surface area contributed by atoms with Crippen molar-refractivity contribution in [3.05, 3.63) is 89.2 Å². The highest BCUT2D eigenvalue weighted by Gasteiger charge is 2.30. The fourth-order valence-corrected chi connectivity index (χ4v) is 3.91. The van der Waals surface area contributed by atoms with Gasteiger partial charge in [0.2, 0.25) is 0 Å². The molecular weight excluding hydrogens is 464 g/mol. The van der Waals surface area contributed by atoms with Gasteiger partial charge >= 0.3 is 6.18 Å². The van der Waals surface area contributed by atoms with Gasteiger partial charge in [-0.15, -0.1) is 0 Å². The minimum atomic E-state index is -4.62. The van der Waals surface area contributed by atoms with Gasteiger partial charge in [-0.1, -0.05) is 12.1 Å². The second-order valence-corrected chi connectivity index (χ2v) is 8.54. The Morgan fingerprint density at radius 3 is 2.30 bits per heavy atom. The molecule has 11 heteroatoms. The van der Waals surface area contributed by atoms with Gasteiger partial charge in [-0.25, -0.2) is 12.8 Å². The maximum Gasteiger partial charge on any atom is 0.416 e. The average molecular weight is 482 g/mol. The van der Waals surface area contributed by atoms with Crippen LogP contribution in [0.15, 0.2) is 71.6 Å². The van der Waals surface area contributed by atoms with E-state index in [1.165, 1.54) is 37.4 Å². The van der Waals surface area contributed by atoms with Crippen molar-refractivity contribution in [3.63, 3.8) is 0 Å². The Morgan fingerprint density at radius 2 is 1.70 bits per heavy atom. The molecular formula is C22H18F4N2O4S. The third-order valence-corrected chi connectivity index (χ3v) is 5.94. The molecule has 0 atom stereocenters. The molecule has 0 spiro atoms. The van der Waals surface area contributed by atoms with Crippen LogP contribution in [0.4, 0.5) is 23.2 Å². The third kappa shape index (κ3) is 6.01. The Morgan fingerprint density at radius 1 is 1.00 bits per heavy atom. The number of anilines is 1. The van der Waals surface area contributed by atoms with Gasteiger partial charge in [-0.05, 0) is 60.2 Å². The molecule has 0 aliphatic heterocycles. The van der Waals surface area contributed by atoms with E-state index in [1.54, 1.807) is 6.07 Å². The molecule has 3 aromatic rings. The van der Waals surface area contributed by atoms with Gasteiger partial charge in [0.1, 0.15) is 0 Å². The van der Waals surface area contributed by atoms with E-state index in [4.69, 9.17) is 4.74 Å². The predicted octanol–water partition coefficient (Wildman–Crippen LogP) is 4.58. The van der Waals surface area contributed by atoms with E-state index < -0.39 is 33.5 Å². The zero-order valence-corrected chi connectivity index (χ0v) is 17.9. The number of hydrogen-bond donors (Lipinski definition) is 2. The Kier molecular flexibility index (Phi) is 6.92. The minimum absolute atomic E-state index is 0.0247. The summed E-state index contributed by atoms with van der Waals surface area (Å²) in [4.78, 5) is 12.1. The van der Waals surface area contributed by atoms with Crippen molar-refractivity contribution in [3.8, 4) is 5.75 Å². The van der Waals surface area contributed by atoms with Crippen LogP contribution in [0, 0.1) is 5.82 Å². The highest BCUT2D eigenvalue weighted by Crippen LogP contribution is 2.31. The molecule has 0 bridgehead atoms. The molecule has 0 aliphatic rings. The maximum atomic E-state index is 13.7. The lowest BCUT2D eigenvalue weighted by Gasteiger charge is -2.12. The number of carbonyl (C=O) groups excluding carboxylic acids is 1. The predicted molar refractivity (Wildman–Crippen MR) is 113 cm³/mol. The van der Waals surface area contributed by atoms with Crippen molar-refractivity contribution in [2.24, 2.45) is 0 Å². The molecule has 0 saturated carbocycles. The van der Waals surface area contributed by atoms with Gasteiger partial charge in [-0.2, -0.15) is 13.2 Å². The fourth-order valence-electron chi connectivity index (χ4n) is 2.86. The van der Waals surface area contributed by atoms with Crippen LogP contribution in [0.2, 0.25) is 0 Å². The van der Waals surface area contributed by atoms with Gasteiger partial charge in [0, 0.05) is 17.8 Å². The molecule has 0 aliphatic carbocycles. The van der Waals surface area contributed by atoms with Gasteiger partial charge < -0.3 is 10.1 Å². The SMILES string of the molecule is COc1ccc(CNC(=O)c2ccc(S(=O)(=O)Nc3cccc(C(F)(F)F)c3)cc2)cc1F. The Balaban J connectivity index is 1.67. The molecule has 0 fully saturated rings. The van der Waals surface area contributed by atoms with Gasteiger partial charge in [-0.3, -0.25) is 9.52 Å². The van der Waals surface area contributed by atoms with Crippen LogP contribution in [-0.2, 0) is 22.7 Å². The highest BCUT2D eigenvalue weighted by molar-refractivity contribution is 7.92. The van der Waals surface area contributed by atoms with E-state index in [1.807, 2.05) is 0 Å². The molecule has 2 N–H and O–H groups in total. The summed E-state index contributed by atoms with van der Waals surface area (Å²) in [6.45, 7) is 0.0247. The van der Waals surface area contributed by atoms with Crippen LogP contribution in [0.5, 0.6) is 5.75 Å². The van der Waals surface area contributed by atoms with E-state index in [9.17, 15) is 30.8 Å². The third-order valence-electron chi connectivity index (χ3n) is 4.54. The Labute approximate surface area is 187 Å². The first-order valence-electron chi connectivity index (χ1n) is 9.40. The summed E-state index contributed by atoms with van der Waals surface area (Å²) in [6, 6.07) is 12.8. The molecule has 6 nitrogen and oxygen atoms in total. The molecule has 3 aromatic carbocycles. The summed E-state index contributed by atoms with van der Waals surface area (Å²) in [5.74, 6) is -1.03. The number of ether oxygens (including phenoxy) is 1. The highest BCUT2D eigenvalue weighted by atomic mass is 32.2. The van der Waals surface area contributed by atoms with E-state index in [0.29, 0.717) is 11.6 Å². The summed E-state index contributed by atoms with van der Waals surface area (Å²) in [5, 5.41) is 2.58. The fraction of sp³-hybridized carbons (Fsp3) is 0.136. The summed E-state index contributed by atoms with van der Waals surface area (Å²) in [5.41, 5.74) is -0.613. The van der Waals surface area contributed by atoms with E-state index in [-0.39, 0.29) is 28.4 Å². The van der Waals surface area contributed by atoms with Crippen molar-refractivity contribution in [2.45, 2.75) is 17.6 Å². The molecule has 0 radical (unpaired) electrons. The molecule has 0 saturated heterocycles. The minimum Gasteiger partial charge on any atom is -0.494 e. The molecule has 1 amide bonds.